The molecule has 0 aliphatic carbocycles. The lowest BCUT2D eigenvalue weighted by molar-refractivity contribution is -0.127. The number of fused-ring (bicyclic) bond motifs is 1. The van der Waals surface area contributed by atoms with Gasteiger partial charge in [0.25, 0.3) is 5.91 Å². The summed E-state index contributed by atoms with van der Waals surface area (Å²) in [6.07, 6.45) is -0.731. The Hall–Kier alpha value is -2.95. The monoisotopic (exact) mass is 479 g/mol. The number of urea groups is 1. The highest BCUT2D eigenvalue weighted by Gasteiger charge is 2.30. The second kappa shape index (κ2) is 9.68. The van der Waals surface area contributed by atoms with Gasteiger partial charge in [-0.05, 0) is 42.7 Å². The van der Waals surface area contributed by atoms with Gasteiger partial charge in [0, 0.05) is 20.1 Å². The molecule has 0 saturated carbocycles. The van der Waals surface area contributed by atoms with Crippen molar-refractivity contribution in [2.75, 3.05) is 13.6 Å². The molecule has 9 nitrogen and oxygen atoms in total. The lowest BCUT2D eigenvalue weighted by Crippen LogP contribution is -2.43. The lowest BCUT2D eigenvalue weighted by atomic mass is 10.0. The SMILES string of the molecule is CNC(=O)NC(=O)C(C)OC(=O)c1cc(S(=O)(=O)N2CCc3ccccc3C2)ccc1Cl. The van der Waals surface area contributed by atoms with Crippen LogP contribution in [0.1, 0.15) is 28.4 Å². The van der Waals surface area contributed by atoms with Gasteiger partial charge >= 0.3 is 12.0 Å². The normalized spacial score (nSPS) is 14.7. The van der Waals surface area contributed by atoms with Crippen molar-refractivity contribution < 1.29 is 27.5 Å². The molecule has 0 spiro atoms. The maximum Gasteiger partial charge on any atom is 0.340 e. The Balaban J connectivity index is 1.80. The average Bonchev–Trinajstić information content (AvgIpc) is 2.78. The van der Waals surface area contributed by atoms with E-state index in [4.69, 9.17) is 16.3 Å². The first kappa shape index (κ1) is 23.7. The average molecular weight is 480 g/mol. The molecular weight excluding hydrogens is 458 g/mol. The Kier molecular flexibility index (Phi) is 7.17. The minimum atomic E-state index is -3.91. The third-order valence-corrected chi connectivity index (χ3v) is 7.18. The summed E-state index contributed by atoms with van der Waals surface area (Å²) in [7, 11) is -2.58. The molecule has 1 aliphatic rings. The number of carbonyl (C=O) groups excluding carboxylic acids is 3. The molecule has 32 heavy (non-hydrogen) atoms. The number of halogens is 1. The highest BCUT2D eigenvalue weighted by molar-refractivity contribution is 7.89. The molecule has 1 unspecified atom stereocenters. The molecule has 2 aromatic rings. The smallest absolute Gasteiger partial charge is 0.340 e. The van der Waals surface area contributed by atoms with E-state index in [-0.39, 0.29) is 22.0 Å². The Morgan fingerprint density at radius 1 is 1.12 bits per heavy atom. The van der Waals surface area contributed by atoms with Gasteiger partial charge in [0.1, 0.15) is 0 Å². The molecular formula is C21H22ClN3O6S. The minimum absolute atomic E-state index is 0.0307. The number of nitrogens with one attached hydrogen (secondary N) is 2. The molecule has 1 atom stereocenters. The number of benzene rings is 2. The molecule has 3 amide bonds. The Bertz CT molecular complexity index is 1170. The van der Waals surface area contributed by atoms with Crippen LogP contribution in [0.15, 0.2) is 47.4 Å². The fourth-order valence-electron chi connectivity index (χ4n) is 3.20. The first-order chi connectivity index (χ1) is 15.1. The number of hydrogen-bond donors (Lipinski definition) is 2. The molecule has 0 saturated heterocycles. The molecule has 0 aromatic heterocycles. The van der Waals surface area contributed by atoms with Crippen molar-refractivity contribution >= 4 is 39.5 Å². The van der Waals surface area contributed by atoms with Crippen LogP contribution in [0.2, 0.25) is 5.02 Å². The maximum absolute atomic E-state index is 13.2. The van der Waals surface area contributed by atoms with Gasteiger partial charge in [0.2, 0.25) is 10.0 Å². The van der Waals surface area contributed by atoms with Gasteiger partial charge in [-0.1, -0.05) is 35.9 Å². The van der Waals surface area contributed by atoms with Crippen molar-refractivity contribution in [3.8, 4) is 0 Å². The second-order valence-corrected chi connectivity index (χ2v) is 9.46. The van der Waals surface area contributed by atoms with Gasteiger partial charge in [-0.15, -0.1) is 0 Å². The Morgan fingerprint density at radius 3 is 2.50 bits per heavy atom. The first-order valence-corrected chi connectivity index (χ1v) is 11.6. The van der Waals surface area contributed by atoms with Crippen LogP contribution in [0, 0.1) is 0 Å². The molecule has 11 heteroatoms. The number of hydrogen-bond acceptors (Lipinski definition) is 6. The van der Waals surface area contributed by atoms with Crippen molar-refractivity contribution in [1.29, 1.82) is 0 Å². The van der Waals surface area contributed by atoms with Gasteiger partial charge < -0.3 is 10.1 Å². The van der Waals surface area contributed by atoms with Crippen molar-refractivity contribution in [2.24, 2.45) is 0 Å². The number of nitrogens with zero attached hydrogens (tertiary/aromatic N) is 1. The molecule has 3 rings (SSSR count). The van der Waals surface area contributed by atoms with Gasteiger partial charge in [0.05, 0.1) is 15.5 Å². The van der Waals surface area contributed by atoms with Gasteiger partial charge in [-0.2, -0.15) is 4.31 Å². The number of amides is 3. The predicted molar refractivity (Wildman–Crippen MR) is 117 cm³/mol. The quantitative estimate of drug-likeness (QED) is 0.633. The molecule has 2 N–H and O–H groups in total. The van der Waals surface area contributed by atoms with E-state index in [1.807, 2.05) is 29.6 Å². The molecule has 0 bridgehead atoms. The fraction of sp³-hybridized carbons (Fsp3) is 0.286. The summed E-state index contributed by atoms with van der Waals surface area (Å²) >= 11 is 6.09. The molecule has 170 valence electrons. The molecule has 2 aromatic carbocycles. The van der Waals surface area contributed by atoms with E-state index in [2.05, 4.69) is 5.32 Å². The third-order valence-electron chi connectivity index (χ3n) is 5.01. The summed E-state index contributed by atoms with van der Waals surface area (Å²) in [4.78, 5) is 35.6. The van der Waals surface area contributed by atoms with Crippen LogP contribution in [-0.4, -0.2) is 50.3 Å². The molecule has 1 heterocycles. The predicted octanol–water partition coefficient (Wildman–Crippen LogP) is 2.09. The third kappa shape index (κ3) is 5.09. The van der Waals surface area contributed by atoms with E-state index >= 15 is 0 Å². The summed E-state index contributed by atoms with van der Waals surface area (Å²) < 4.78 is 32.8. The zero-order chi connectivity index (χ0) is 23.5. The zero-order valence-electron chi connectivity index (χ0n) is 17.4. The van der Waals surface area contributed by atoms with Crippen LogP contribution in [0.25, 0.3) is 0 Å². The highest BCUT2D eigenvalue weighted by Crippen LogP contribution is 2.28. The van der Waals surface area contributed by atoms with Crippen LogP contribution in [-0.2, 0) is 32.5 Å². The summed E-state index contributed by atoms with van der Waals surface area (Å²) in [5.41, 5.74) is 1.82. The number of carbonyl (C=O) groups is 3. The van der Waals surface area contributed by atoms with Crippen LogP contribution >= 0.6 is 11.6 Å². The van der Waals surface area contributed by atoms with E-state index in [9.17, 15) is 22.8 Å². The molecule has 0 radical (unpaired) electrons. The van der Waals surface area contributed by atoms with E-state index < -0.39 is 34.0 Å². The van der Waals surface area contributed by atoms with Crippen molar-refractivity contribution in [2.45, 2.75) is 30.9 Å². The van der Waals surface area contributed by atoms with Gasteiger partial charge in [-0.25, -0.2) is 18.0 Å². The second-order valence-electron chi connectivity index (χ2n) is 7.11. The summed E-state index contributed by atoms with van der Waals surface area (Å²) in [5.74, 6) is -1.83. The van der Waals surface area contributed by atoms with E-state index in [1.165, 1.54) is 30.4 Å². The van der Waals surface area contributed by atoms with Crippen molar-refractivity contribution in [3.05, 3.63) is 64.2 Å². The standard InChI is InChI=1S/C21H22ClN3O6S/c1-13(19(26)24-21(28)23-2)31-20(27)17-11-16(7-8-18(17)22)32(29,30)25-10-9-14-5-3-4-6-15(14)12-25/h3-8,11,13H,9-10,12H2,1-2H3,(H2,23,24,26,28). The minimum Gasteiger partial charge on any atom is -0.449 e. The van der Waals surface area contributed by atoms with Crippen LogP contribution in [0.3, 0.4) is 0 Å². The molecule has 1 aliphatic heterocycles. The Morgan fingerprint density at radius 2 is 1.81 bits per heavy atom. The summed E-state index contributed by atoms with van der Waals surface area (Å²) in [6.45, 7) is 1.80. The van der Waals surface area contributed by atoms with E-state index in [1.54, 1.807) is 0 Å². The Labute approximate surface area is 190 Å². The van der Waals surface area contributed by atoms with E-state index in [0.717, 1.165) is 17.2 Å². The number of imide groups is 1. The van der Waals surface area contributed by atoms with Crippen LogP contribution in [0.4, 0.5) is 4.79 Å². The van der Waals surface area contributed by atoms with E-state index in [0.29, 0.717) is 13.0 Å². The van der Waals surface area contributed by atoms with Crippen molar-refractivity contribution in [1.82, 2.24) is 14.9 Å². The summed E-state index contributed by atoms with van der Waals surface area (Å²) in [6, 6.07) is 10.6. The number of rotatable bonds is 5. The van der Waals surface area contributed by atoms with Crippen LogP contribution in [0.5, 0.6) is 0 Å². The lowest BCUT2D eigenvalue weighted by Gasteiger charge is -2.28. The van der Waals surface area contributed by atoms with Gasteiger partial charge in [-0.3, -0.25) is 10.1 Å². The van der Waals surface area contributed by atoms with Gasteiger partial charge in [0.15, 0.2) is 6.10 Å². The largest absolute Gasteiger partial charge is 0.449 e. The number of sulfonamides is 1. The topological polar surface area (TPSA) is 122 Å². The van der Waals surface area contributed by atoms with Crippen LogP contribution < -0.4 is 10.6 Å². The number of ether oxygens (including phenoxy) is 1. The number of esters is 1. The molecule has 0 fully saturated rings. The maximum atomic E-state index is 13.2. The zero-order valence-corrected chi connectivity index (χ0v) is 19.0. The van der Waals surface area contributed by atoms with Crippen molar-refractivity contribution in [3.63, 3.8) is 0 Å². The highest BCUT2D eigenvalue weighted by atomic mass is 35.5. The first-order valence-electron chi connectivity index (χ1n) is 9.73. The summed E-state index contributed by atoms with van der Waals surface area (Å²) in [5, 5.41) is 4.16. The fourth-order valence-corrected chi connectivity index (χ4v) is 4.84.